The third-order valence-electron chi connectivity index (χ3n) is 4.16. The van der Waals surface area contributed by atoms with Crippen LogP contribution < -0.4 is 5.73 Å². The molecule has 1 aliphatic rings. The monoisotopic (exact) mass is 300 g/mol. The molecule has 21 heavy (non-hydrogen) atoms. The van der Waals surface area contributed by atoms with Gasteiger partial charge in [-0.25, -0.2) is 0 Å². The van der Waals surface area contributed by atoms with Gasteiger partial charge in [0.2, 0.25) is 0 Å². The molecule has 0 unspecified atom stereocenters. The first-order chi connectivity index (χ1) is 10.2. The number of rotatable bonds is 5. The molecule has 3 heteroatoms. The number of benzene rings is 2. The Balaban J connectivity index is 1.85. The second kappa shape index (κ2) is 6.18. The van der Waals surface area contributed by atoms with Gasteiger partial charge >= 0.3 is 0 Å². The molecule has 0 spiro atoms. The lowest BCUT2D eigenvalue weighted by Crippen LogP contribution is -2.59. The molecule has 110 valence electrons. The van der Waals surface area contributed by atoms with Gasteiger partial charge in [-0.3, -0.25) is 4.90 Å². The highest BCUT2D eigenvalue weighted by Crippen LogP contribution is 2.40. The fraction of sp³-hybridized carbons (Fsp3) is 0.333. The number of nitrogens with two attached hydrogens (primary N) is 1. The fourth-order valence-corrected chi connectivity index (χ4v) is 3.58. The fourth-order valence-electron chi connectivity index (χ4n) is 3.17. The minimum atomic E-state index is -0.142. The van der Waals surface area contributed by atoms with Crippen LogP contribution >= 0.6 is 11.6 Å². The van der Waals surface area contributed by atoms with Crippen LogP contribution in [0.25, 0.3) is 0 Å². The first-order valence-electron chi connectivity index (χ1n) is 7.45. The number of hydrogen-bond acceptors (Lipinski definition) is 2. The molecule has 0 atom stereocenters. The van der Waals surface area contributed by atoms with Crippen molar-refractivity contribution in [2.75, 3.05) is 19.6 Å². The molecule has 0 bridgehead atoms. The molecule has 2 aromatic carbocycles. The van der Waals surface area contributed by atoms with Gasteiger partial charge in [-0.1, -0.05) is 60.7 Å². The molecule has 0 saturated carbocycles. The Morgan fingerprint density at radius 3 is 1.86 bits per heavy atom. The van der Waals surface area contributed by atoms with E-state index in [1.807, 2.05) is 0 Å². The van der Waals surface area contributed by atoms with E-state index in [2.05, 4.69) is 65.6 Å². The highest BCUT2D eigenvalue weighted by Gasteiger charge is 2.44. The van der Waals surface area contributed by atoms with Crippen molar-refractivity contribution < 1.29 is 0 Å². The summed E-state index contributed by atoms with van der Waals surface area (Å²) in [6, 6.07) is 21.5. The van der Waals surface area contributed by atoms with Crippen molar-refractivity contribution >= 4 is 11.6 Å². The molecule has 0 amide bonds. The molecule has 1 fully saturated rings. The molecule has 2 aromatic rings. The van der Waals surface area contributed by atoms with Crippen LogP contribution in [0.3, 0.4) is 0 Å². The van der Waals surface area contributed by atoms with Crippen molar-refractivity contribution in [1.29, 1.82) is 0 Å². The van der Waals surface area contributed by atoms with E-state index in [-0.39, 0.29) is 10.9 Å². The SMILES string of the molecule is NCCC1(Cl)CN(C(c2ccccc2)c2ccccc2)C1. The number of nitrogens with zero attached hydrogens (tertiary/aromatic N) is 1. The Bertz CT molecular complexity index is 525. The number of hydrogen-bond donors (Lipinski definition) is 1. The predicted molar refractivity (Wildman–Crippen MR) is 88.6 cm³/mol. The van der Waals surface area contributed by atoms with E-state index in [4.69, 9.17) is 17.3 Å². The highest BCUT2D eigenvalue weighted by molar-refractivity contribution is 6.25. The van der Waals surface area contributed by atoms with Gasteiger partial charge in [0.1, 0.15) is 0 Å². The van der Waals surface area contributed by atoms with E-state index in [1.54, 1.807) is 0 Å². The molecule has 1 saturated heterocycles. The number of alkyl halides is 1. The van der Waals surface area contributed by atoms with Crippen molar-refractivity contribution in [3.8, 4) is 0 Å². The summed E-state index contributed by atoms with van der Waals surface area (Å²) in [6.45, 7) is 2.43. The minimum absolute atomic E-state index is 0.142. The van der Waals surface area contributed by atoms with Gasteiger partial charge in [-0.15, -0.1) is 11.6 Å². The second-order valence-electron chi connectivity index (χ2n) is 5.82. The van der Waals surface area contributed by atoms with E-state index in [0.29, 0.717) is 6.54 Å². The predicted octanol–water partition coefficient (Wildman–Crippen LogP) is 3.42. The Morgan fingerprint density at radius 2 is 1.43 bits per heavy atom. The Labute approximate surface area is 131 Å². The average molecular weight is 301 g/mol. The topological polar surface area (TPSA) is 29.3 Å². The molecular formula is C18H21ClN2. The zero-order chi connectivity index (χ0) is 14.7. The molecule has 2 nitrogen and oxygen atoms in total. The van der Waals surface area contributed by atoms with Crippen LogP contribution in [0.5, 0.6) is 0 Å². The number of halogens is 1. The van der Waals surface area contributed by atoms with Crippen molar-refractivity contribution in [3.63, 3.8) is 0 Å². The van der Waals surface area contributed by atoms with Gasteiger partial charge in [0, 0.05) is 13.1 Å². The molecule has 2 N–H and O–H groups in total. The van der Waals surface area contributed by atoms with Gasteiger partial charge in [-0.05, 0) is 24.1 Å². The van der Waals surface area contributed by atoms with Crippen LogP contribution in [0.15, 0.2) is 60.7 Å². The molecule has 1 aliphatic heterocycles. The van der Waals surface area contributed by atoms with Crippen LogP contribution in [-0.2, 0) is 0 Å². The summed E-state index contributed by atoms with van der Waals surface area (Å²) in [5, 5.41) is 0. The van der Waals surface area contributed by atoms with Crippen molar-refractivity contribution in [1.82, 2.24) is 4.90 Å². The van der Waals surface area contributed by atoms with Gasteiger partial charge < -0.3 is 5.73 Å². The molecule has 1 heterocycles. The third kappa shape index (κ3) is 3.13. The molecule has 0 aromatic heterocycles. The summed E-state index contributed by atoms with van der Waals surface area (Å²) in [5.41, 5.74) is 8.29. The summed E-state index contributed by atoms with van der Waals surface area (Å²) >= 11 is 6.60. The zero-order valence-electron chi connectivity index (χ0n) is 12.1. The standard InChI is InChI=1S/C18H21ClN2/c19-18(11-12-20)13-21(14-18)17(15-7-3-1-4-8-15)16-9-5-2-6-10-16/h1-10,17H,11-14,20H2. The maximum atomic E-state index is 6.60. The lowest BCUT2D eigenvalue weighted by molar-refractivity contribution is 0.0841. The van der Waals surface area contributed by atoms with Gasteiger partial charge in [-0.2, -0.15) is 0 Å². The van der Waals surface area contributed by atoms with Crippen LogP contribution in [0.4, 0.5) is 0 Å². The maximum absolute atomic E-state index is 6.60. The first-order valence-corrected chi connectivity index (χ1v) is 7.83. The van der Waals surface area contributed by atoms with Crippen LogP contribution in [-0.4, -0.2) is 29.4 Å². The molecule has 3 rings (SSSR count). The normalized spacial score (nSPS) is 17.7. The smallest absolute Gasteiger partial charge is 0.0712 e. The van der Waals surface area contributed by atoms with E-state index in [0.717, 1.165) is 19.5 Å². The lowest BCUT2D eigenvalue weighted by Gasteiger charge is -2.50. The lowest BCUT2D eigenvalue weighted by atomic mass is 9.88. The quantitative estimate of drug-likeness (QED) is 0.857. The van der Waals surface area contributed by atoms with Gasteiger partial charge in [0.05, 0.1) is 10.9 Å². The summed E-state index contributed by atoms with van der Waals surface area (Å²) in [6.07, 6.45) is 0.876. The van der Waals surface area contributed by atoms with Gasteiger partial charge in [0.15, 0.2) is 0 Å². The first kappa shape index (κ1) is 14.6. The van der Waals surface area contributed by atoms with Gasteiger partial charge in [0.25, 0.3) is 0 Å². The Morgan fingerprint density at radius 1 is 0.952 bits per heavy atom. The Hall–Kier alpha value is -1.35. The summed E-state index contributed by atoms with van der Waals surface area (Å²) < 4.78 is 0. The molecular weight excluding hydrogens is 280 g/mol. The average Bonchev–Trinajstić information content (AvgIpc) is 2.48. The van der Waals surface area contributed by atoms with Crippen molar-refractivity contribution in [2.45, 2.75) is 17.3 Å². The number of likely N-dealkylation sites (tertiary alicyclic amines) is 1. The van der Waals surface area contributed by atoms with Crippen molar-refractivity contribution in [3.05, 3.63) is 71.8 Å². The highest BCUT2D eigenvalue weighted by atomic mass is 35.5. The zero-order valence-corrected chi connectivity index (χ0v) is 12.8. The van der Waals surface area contributed by atoms with Crippen LogP contribution in [0.2, 0.25) is 0 Å². The summed E-state index contributed by atoms with van der Waals surface area (Å²) in [5.74, 6) is 0. The molecule has 0 radical (unpaired) electrons. The summed E-state index contributed by atoms with van der Waals surface area (Å²) in [7, 11) is 0. The molecule has 0 aliphatic carbocycles. The van der Waals surface area contributed by atoms with Crippen LogP contribution in [0.1, 0.15) is 23.6 Å². The van der Waals surface area contributed by atoms with Crippen molar-refractivity contribution in [2.24, 2.45) is 5.73 Å². The van der Waals surface area contributed by atoms with E-state index >= 15 is 0 Å². The summed E-state index contributed by atoms with van der Waals surface area (Å²) in [4.78, 5) is 2.30. The van der Waals surface area contributed by atoms with Crippen LogP contribution in [0, 0.1) is 0 Å². The van der Waals surface area contributed by atoms with E-state index in [1.165, 1.54) is 11.1 Å². The van der Waals surface area contributed by atoms with E-state index in [9.17, 15) is 0 Å². The minimum Gasteiger partial charge on any atom is -0.330 e. The maximum Gasteiger partial charge on any atom is 0.0712 e. The largest absolute Gasteiger partial charge is 0.330 e. The third-order valence-corrected chi connectivity index (χ3v) is 4.59. The second-order valence-corrected chi connectivity index (χ2v) is 6.62. The van der Waals surface area contributed by atoms with E-state index < -0.39 is 0 Å². The Kier molecular flexibility index (Phi) is 4.29.